The van der Waals surface area contributed by atoms with Crippen LogP contribution in [0.15, 0.2) is 36.5 Å². The van der Waals surface area contributed by atoms with Gasteiger partial charge in [0.05, 0.1) is 17.2 Å². The molecule has 4 rings (SSSR count). The van der Waals surface area contributed by atoms with Gasteiger partial charge in [0.1, 0.15) is 5.15 Å². The zero-order valence-corrected chi connectivity index (χ0v) is 14.3. The van der Waals surface area contributed by atoms with Gasteiger partial charge in [0.15, 0.2) is 0 Å². The standard InChI is InChI=1S/C18H18Cl2N2O/c19-16-15-14(10-21-17(16)20)12-23-18(15)6-8-22(9-7-18)11-13-4-2-1-3-5-13/h1-5,10H,6-9,11-12H2. The Morgan fingerprint density at radius 3 is 2.61 bits per heavy atom. The third-order valence-corrected chi connectivity index (χ3v) is 5.68. The summed E-state index contributed by atoms with van der Waals surface area (Å²) < 4.78 is 6.18. The second kappa shape index (κ2) is 6.06. The second-order valence-corrected chi connectivity index (χ2v) is 7.04. The number of piperidine rings is 1. The van der Waals surface area contributed by atoms with Crippen LogP contribution in [0.1, 0.15) is 29.5 Å². The van der Waals surface area contributed by atoms with Gasteiger partial charge in [0, 0.05) is 37.0 Å². The number of ether oxygens (including phenoxy) is 1. The van der Waals surface area contributed by atoms with Gasteiger partial charge in [-0.05, 0) is 18.4 Å². The lowest BCUT2D eigenvalue weighted by molar-refractivity contribution is -0.0798. The Balaban J connectivity index is 1.52. The first-order chi connectivity index (χ1) is 11.2. The number of benzene rings is 1. The molecule has 0 saturated carbocycles. The third kappa shape index (κ3) is 2.76. The van der Waals surface area contributed by atoms with Crippen LogP contribution in [0.25, 0.3) is 0 Å². The Labute approximate surface area is 146 Å². The van der Waals surface area contributed by atoms with Crippen molar-refractivity contribution in [3.8, 4) is 0 Å². The highest BCUT2D eigenvalue weighted by Crippen LogP contribution is 2.48. The molecule has 1 spiro atoms. The lowest BCUT2D eigenvalue weighted by Crippen LogP contribution is -2.42. The number of aromatic nitrogens is 1. The van der Waals surface area contributed by atoms with Crippen LogP contribution in [-0.4, -0.2) is 23.0 Å². The zero-order chi connectivity index (χ0) is 15.9. The van der Waals surface area contributed by atoms with Crippen molar-refractivity contribution < 1.29 is 4.74 Å². The normalized spacial score (nSPS) is 19.9. The number of nitrogens with zero attached hydrogens (tertiary/aromatic N) is 2. The van der Waals surface area contributed by atoms with E-state index >= 15 is 0 Å². The average Bonchev–Trinajstić information content (AvgIpc) is 2.93. The summed E-state index contributed by atoms with van der Waals surface area (Å²) in [5.74, 6) is 0. The van der Waals surface area contributed by atoms with Crippen molar-refractivity contribution in [3.63, 3.8) is 0 Å². The topological polar surface area (TPSA) is 25.4 Å². The molecule has 0 atom stereocenters. The molecule has 0 aliphatic carbocycles. The molecule has 1 aromatic carbocycles. The van der Waals surface area contributed by atoms with Crippen LogP contribution in [-0.2, 0) is 23.5 Å². The van der Waals surface area contributed by atoms with Crippen molar-refractivity contribution in [2.24, 2.45) is 0 Å². The first-order valence-corrected chi connectivity index (χ1v) is 8.67. The Kier molecular flexibility index (Phi) is 4.06. The summed E-state index contributed by atoms with van der Waals surface area (Å²) in [4.78, 5) is 6.61. The molecule has 2 aliphatic rings. The van der Waals surface area contributed by atoms with Gasteiger partial charge in [-0.2, -0.15) is 0 Å². The van der Waals surface area contributed by atoms with Gasteiger partial charge in [-0.1, -0.05) is 53.5 Å². The average molecular weight is 349 g/mol. The summed E-state index contributed by atoms with van der Waals surface area (Å²) in [6, 6.07) is 10.6. The molecule has 120 valence electrons. The summed E-state index contributed by atoms with van der Waals surface area (Å²) >= 11 is 12.6. The van der Waals surface area contributed by atoms with E-state index in [-0.39, 0.29) is 5.60 Å². The van der Waals surface area contributed by atoms with E-state index in [4.69, 9.17) is 27.9 Å². The number of rotatable bonds is 2. The van der Waals surface area contributed by atoms with Crippen LogP contribution in [0.3, 0.4) is 0 Å². The Morgan fingerprint density at radius 2 is 1.87 bits per heavy atom. The molecule has 0 amide bonds. The quantitative estimate of drug-likeness (QED) is 0.751. The van der Waals surface area contributed by atoms with Crippen LogP contribution < -0.4 is 0 Å². The molecule has 1 aromatic heterocycles. The first kappa shape index (κ1) is 15.4. The number of fused-ring (bicyclic) bond motifs is 2. The summed E-state index contributed by atoms with van der Waals surface area (Å²) in [5, 5.41) is 0.945. The van der Waals surface area contributed by atoms with Crippen LogP contribution in [0.5, 0.6) is 0 Å². The van der Waals surface area contributed by atoms with Crippen LogP contribution in [0, 0.1) is 0 Å². The number of hydrogen-bond acceptors (Lipinski definition) is 3. The van der Waals surface area contributed by atoms with Gasteiger partial charge in [0.2, 0.25) is 0 Å². The van der Waals surface area contributed by atoms with Gasteiger partial charge in [0.25, 0.3) is 0 Å². The largest absolute Gasteiger partial charge is 0.365 e. The Morgan fingerprint density at radius 1 is 1.13 bits per heavy atom. The van der Waals surface area contributed by atoms with Gasteiger partial charge in [-0.25, -0.2) is 4.98 Å². The van der Waals surface area contributed by atoms with Gasteiger partial charge >= 0.3 is 0 Å². The predicted octanol–water partition coefficient (Wildman–Crippen LogP) is 4.41. The molecule has 1 fully saturated rings. The number of likely N-dealkylation sites (tertiary alicyclic amines) is 1. The lowest BCUT2D eigenvalue weighted by atomic mass is 9.84. The van der Waals surface area contributed by atoms with E-state index < -0.39 is 0 Å². The summed E-state index contributed by atoms with van der Waals surface area (Å²) in [5.41, 5.74) is 3.21. The maximum Gasteiger partial charge on any atom is 0.147 e. The molecule has 2 aromatic rings. The minimum absolute atomic E-state index is 0.286. The summed E-state index contributed by atoms with van der Waals surface area (Å²) in [6.07, 6.45) is 3.68. The number of hydrogen-bond donors (Lipinski definition) is 0. The molecule has 0 bridgehead atoms. The number of pyridine rings is 1. The first-order valence-electron chi connectivity index (χ1n) is 7.91. The van der Waals surface area contributed by atoms with Crippen molar-refractivity contribution in [1.82, 2.24) is 9.88 Å². The molecule has 5 heteroatoms. The maximum atomic E-state index is 6.44. The van der Waals surface area contributed by atoms with Crippen LogP contribution in [0.4, 0.5) is 0 Å². The minimum atomic E-state index is -0.286. The van der Waals surface area contributed by atoms with E-state index in [1.165, 1.54) is 5.56 Å². The van der Waals surface area contributed by atoms with Crippen molar-refractivity contribution in [1.29, 1.82) is 0 Å². The SMILES string of the molecule is Clc1ncc2c(c1Cl)C1(CCN(Cc3ccccc3)CC1)OC2. The van der Waals surface area contributed by atoms with Crippen molar-refractivity contribution >= 4 is 23.2 Å². The smallest absolute Gasteiger partial charge is 0.147 e. The van der Waals surface area contributed by atoms with E-state index in [0.717, 1.165) is 43.6 Å². The zero-order valence-electron chi connectivity index (χ0n) is 12.8. The molecule has 0 radical (unpaired) electrons. The fraction of sp³-hybridized carbons (Fsp3) is 0.389. The van der Waals surface area contributed by atoms with Crippen molar-refractivity contribution in [2.45, 2.75) is 31.6 Å². The molecule has 23 heavy (non-hydrogen) atoms. The monoisotopic (exact) mass is 348 g/mol. The van der Waals surface area contributed by atoms with Crippen LogP contribution in [0.2, 0.25) is 10.2 Å². The third-order valence-electron chi connectivity index (χ3n) is 4.93. The van der Waals surface area contributed by atoms with E-state index in [2.05, 4.69) is 40.2 Å². The van der Waals surface area contributed by atoms with E-state index in [1.807, 2.05) is 0 Å². The van der Waals surface area contributed by atoms with Crippen LogP contribution >= 0.6 is 23.2 Å². The molecule has 3 nitrogen and oxygen atoms in total. The highest BCUT2D eigenvalue weighted by atomic mass is 35.5. The predicted molar refractivity (Wildman–Crippen MR) is 91.7 cm³/mol. The van der Waals surface area contributed by atoms with Gasteiger partial charge in [-0.3, -0.25) is 4.90 Å². The molecular weight excluding hydrogens is 331 g/mol. The van der Waals surface area contributed by atoms with E-state index in [9.17, 15) is 0 Å². The fourth-order valence-corrected chi connectivity index (χ4v) is 4.18. The van der Waals surface area contributed by atoms with Crippen molar-refractivity contribution in [3.05, 3.63) is 63.4 Å². The molecule has 1 saturated heterocycles. The lowest BCUT2D eigenvalue weighted by Gasteiger charge is -2.39. The summed E-state index contributed by atoms with van der Waals surface area (Å²) in [7, 11) is 0. The fourth-order valence-electron chi connectivity index (χ4n) is 3.70. The highest BCUT2D eigenvalue weighted by Gasteiger charge is 2.44. The molecule has 2 aliphatic heterocycles. The molecular formula is C18H18Cl2N2O. The minimum Gasteiger partial charge on any atom is -0.365 e. The van der Waals surface area contributed by atoms with Gasteiger partial charge in [-0.15, -0.1) is 0 Å². The highest BCUT2D eigenvalue weighted by molar-refractivity contribution is 6.41. The molecule has 0 unspecified atom stereocenters. The maximum absolute atomic E-state index is 6.44. The Bertz CT molecular complexity index is 712. The summed E-state index contributed by atoms with van der Waals surface area (Å²) in [6.45, 7) is 3.54. The van der Waals surface area contributed by atoms with E-state index in [1.54, 1.807) is 6.20 Å². The molecule has 3 heterocycles. The van der Waals surface area contributed by atoms with Gasteiger partial charge < -0.3 is 4.74 Å². The second-order valence-electron chi connectivity index (χ2n) is 6.31. The molecule has 0 N–H and O–H groups in total. The van der Waals surface area contributed by atoms with E-state index in [0.29, 0.717) is 16.8 Å². The van der Waals surface area contributed by atoms with Crippen molar-refractivity contribution in [2.75, 3.05) is 13.1 Å². The number of halogens is 2. The Hall–Kier alpha value is -1.13.